The average Bonchev–Trinajstić information content (AvgIpc) is 2.75. The molecule has 0 unspecified atom stereocenters. The van der Waals surface area contributed by atoms with E-state index in [0.717, 1.165) is 6.42 Å². The molecule has 4 rings (SSSR count). The molecular formula is C23H30ClN3O3. The van der Waals surface area contributed by atoms with Gasteiger partial charge in [-0.2, -0.15) is 0 Å². The molecule has 1 saturated heterocycles. The van der Waals surface area contributed by atoms with Gasteiger partial charge in [-0.05, 0) is 43.4 Å². The van der Waals surface area contributed by atoms with Gasteiger partial charge < -0.3 is 10.0 Å². The smallest absolute Gasteiger partial charge is 0.261 e. The highest BCUT2D eigenvalue weighted by molar-refractivity contribution is 6.31. The molecule has 6 nitrogen and oxygen atoms in total. The highest BCUT2D eigenvalue weighted by atomic mass is 35.5. The molecule has 30 heavy (non-hydrogen) atoms. The second-order valence-electron chi connectivity index (χ2n) is 8.99. The van der Waals surface area contributed by atoms with Crippen molar-refractivity contribution in [1.82, 2.24) is 14.5 Å². The number of piperidine rings is 1. The van der Waals surface area contributed by atoms with E-state index in [9.17, 15) is 14.7 Å². The Balaban J connectivity index is 1.34. The number of nitrogens with zero attached hydrogens (tertiary/aromatic N) is 3. The summed E-state index contributed by atoms with van der Waals surface area (Å²) in [4.78, 5) is 31.6. The SMILES string of the molecule is O=C(CCC1CCCCC1)N1CCC(O)(Cn2cnc3cc(Cl)ccc3c2=O)CC1. The number of likely N-dealkylation sites (tertiary alicyclic amines) is 1. The normalized spacial score (nSPS) is 19.9. The molecule has 7 heteroatoms. The van der Waals surface area contributed by atoms with Crippen molar-refractivity contribution >= 4 is 28.4 Å². The van der Waals surface area contributed by atoms with Crippen molar-refractivity contribution in [3.8, 4) is 0 Å². The van der Waals surface area contributed by atoms with Crippen molar-refractivity contribution in [3.05, 3.63) is 39.9 Å². The maximum atomic E-state index is 12.8. The molecular weight excluding hydrogens is 402 g/mol. The summed E-state index contributed by atoms with van der Waals surface area (Å²) >= 11 is 5.97. The van der Waals surface area contributed by atoms with E-state index in [1.54, 1.807) is 18.2 Å². The predicted octanol–water partition coefficient (Wildman–Crippen LogP) is 3.76. The Bertz CT molecular complexity index is 960. The van der Waals surface area contributed by atoms with Gasteiger partial charge in [0.05, 0.1) is 29.4 Å². The maximum Gasteiger partial charge on any atom is 0.261 e. The van der Waals surface area contributed by atoms with Crippen molar-refractivity contribution in [2.75, 3.05) is 13.1 Å². The fourth-order valence-electron chi connectivity index (χ4n) is 4.85. The van der Waals surface area contributed by atoms with E-state index in [1.807, 2.05) is 4.90 Å². The van der Waals surface area contributed by atoms with Gasteiger partial charge in [0.1, 0.15) is 0 Å². The number of hydrogen-bond donors (Lipinski definition) is 1. The predicted molar refractivity (Wildman–Crippen MR) is 118 cm³/mol. The lowest BCUT2D eigenvalue weighted by Crippen LogP contribution is -2.49. The van der Waals surface area contributed by atoms with Gasteiger partial charge in [-0.3, -0.25) is 14.2 Å². The van der Waals surface area contributed by atoms with E-state index < -0.39 is 5.60 Å². The highest BCUT2D eigenvalue weighted by Gasteiger charge is 2.34. The molecule has 2 aromatic rings. The van der Waals surface area contributed by atoms with Gasteiger partial charge >= 0.3 is 0 Å². The summed E-state index contributed by atoms with van der Waals surface area (Å²) in [6.45, 7) is 1.25. The van der Waals surface area contributed by atoms with Gasteiger partial charge in [0, 0.05) is 24.5 Å². The van der Waals surface area contributed by atoms with E-state index in [2.05, 4.69) is 4.98 Å². The lowest BCUT2D eigenvalue weighted by Gasteiger charge is -2.38. The molecule has 1 amide bonds. The van der Waals surface area contributed by atoms with Crippen LogP contribution in [0.1, 0.15) is 57.8 Å². The second kappa shape index (κ2) is 9.06. The van der Waals surface area contributed by atoms with Gasteiger partial charge in [0.2, 0.25) is 5.91 Å². The minimum Gasteiger partial charge on any atom is -0.388 e. The first-order valence-corrected chi connectivity index (χ1v) is 11.5. The van der Waals surface area contributed by atoms with Gasteiger partial charge in [-0.25, -0.2) is 4.98 Å². The number of benzene rings is 1. The van der Waals surface area contributed by atoms with Crippen LogP contribution in [0.2, 0.25) is 5.02 Å². The number of halogens is 1. The summed E-state index contributed by atoms with van der Waals surface area (Å²) in [5.41, 5.74) is -0.642. The lowest BCUT2D eigenvalue weighted by molar-refractivity contribution is -0.136. The summed E-state index contributed by atoms with van der Waals surface area (Å²) in [5, 5.41) is 12.1. The Kier molecular flexibility index (Phi) is 6.44. The number of rotatable bonds is 5. The van der Waals surface area contributed by atoms with E-state index in [4.69, 9.17) is 11.6 Å². The number of fused-ring (bicyclic) bond motifs is 1. The second-order valence-corrected chi connectivity index (χ2v) is 9.42. The molecule has 1 saturated carbocycles. The van der Waals surface area contributed by atoms with E-state index in [1.165, 1.54) is 43.0 Å². The third kappa shape index (κ3) is 4.86. The summed E-state index contributed by atoms with van der Waals surface area (Å²) in [6.07, 6.45) is 10.4. The average molecular weight is 432 g/mol. The highest BCUT2D eigenvalue weighted by Crippen LogP contribution is 2.29. The van der Waals surface area contributed by atoms with Crippen LogP contribution < -0.4 is 5.56 Å². The zero-order valence-electron chi connectivity index (χ0n) is 17.4. The minimum atomic E-state index is -1.01. The Hall–Kier alpha value is -1.92. The largest absolute Gasteiger partial charge is 0.388 e. The van der Waals surface area contributed by atoms with Crippen molar-refractivity contribution in [2.24, 2.45) is 5.92 Å². The van der Waals surface area contributed by atoms with Gasteiger partial charge in [0.25, 0.3) is 5.56 Å². The van der Waals surface area contributed by atoms with Crippen molar-refractivity contribution in [2.45, 2.75) is 69.9 Å². The Labute approximate surface area is 181 Å². The monoisotopic (exact) mass is 431 g/mol. The molecule has 2 aliphatic rings. The third-order valence-corrected chi connectivity index (χ3v) is 7.03. The molecule has 0 atom stereocenters. The molecule has 2 fully saturated rings. The number of hydrogen-bond acceptors (Lipinski definition) is 4. The summed E-state index contributed by atoms with van der Waals surface area (Å²) in [6, 6.07) is 5.00. The topological polar surface area (TPSA) is 75.4 Å². The first kappa shape index (κ1) is 21.3. The number of carbonyl (C=O) groups excluding carboxylic acids is 1. The van der Waals surface area contributed by atoms with Gasteiger partial charge in [-0.15, -0.1) is 0 Å². The first-order chi connectivity index (χ1) is 14.4. The molecule has 0 spiro atoms. The molecule has 1 aliphatic carbocycles. The number of amides is 1. The van der Waals surface area contributed by atoms with Crippen LogP contribution >= 0.6 is 11.6 Å². The van der Waals surface area contributed by atoms with Crippen LogP contribution in [0.25, 0.3) is 10.9 Å². The standard InChI is InChI=1S/C23H30ClN3O3/c24-18-7-8-19-20(14-18)25-16-27(22(19)29)15-23(30)10-12-26(13-11-23)21(28)9-6-17-4-2-1-3-5-17/h7-8,14,16-17,30H,1-6,9-13,15H2. The van der Waals surface area contributed by atoms with Crippen molar-refractivity contribution in [1.29, 1.82) is 0 Å². The molecule has 2 heterocycles. The van der Waals surface area contributed by atoms with Crippen LogP contribution in [0.3, 0.4) is 0 Å². The molecule has 1 aromatic carbocycles. The lowest BCUT2D eigenvalue weighted by atomic mass is 9.86. The number of aromatic nitrogens is 2. The summed E-state index contributed by atoms with van der Waals surface area (Å²) < 4.78 is 1.47. The molecule has 0 bridgehead atoms. The first-order valence-electron chi connectivity index (χ1n) is 11.1. The maximum absolute atomic E-state index is 12.8. The van der Waals surface area contributed by atoms with Crippen LogP contribution in [0.5, 0.6) is 0 Å². The zero-order valence-corrected chi connectivity index (χ0v) is 18.1. The fourth-order valence-corrected chi connectivity index (χ4v) is 5.02. The van der Waals surface area contributed by atoms with Crippen LogP contribution in [0.15, 0.2) is 29.3 Å². The molecule has 0 radical (unpaired) electrons. The van der Waals surface area contributed by atoms with E-state index >= 15 is 0 Å². The van der Waals surface area contributed by atoms with Crippen LogP contribution in [0, 0.1) is 5.92 Å². The van der Waals surface area contributed by atoms with E-state index in [0.29, 0.717) is 54.2 Å². The fraction of sp³-hybridized carbons (Fsp3) is 0.609. The zero-order chi connectivity index (χ0) is 21.1. The van der Waals surface area contributed by atoms with Crippen molar-refractivity contribution < 1.29 is 9.90 Å². The summed E-state index contributed by atoms with van der Waals surface area (Å²) in [7, 11) is 0. The molecule has 1 aliphatic heterocycles. The molecule has 1 aromatic heterocycles. The Morgan fingerprint density at radius 3 is 2.67 bits per heavy atom. The van der Waals surface area contributed by atoms with Crippen LogP contribution in [-0.2, 0) is 11.3 Å². The van der Waals surface area contributed by atoms with Gasteiger partial charge in [-0.1, -0.05) is 43.7 Å². The van der Waals surface area contributed by atoms with Crippen LogP contribution in [0.4, 0.5) is 0 Å². The Morgan fingerprint density at radius 1 is 1.20 bits per heavy atom. The third-order valence-electron chi connectivity index (χ3n) is 6.79. The molecule has 1 N–H and O–H groups in total. The van der Waals surface area contributed by atoms with Gasteiger partial charge in [0.15, 0.2) is 0 Å². The molecule has 162 valence electrons. The number of carbonyl (C=O) groups is 1. The number of aliphatic hydroxyl groups is 1. The minimum absolute atomic E-state index is 0.182. The van der Waals surface area contributed by atoms with E-state index in [-0.39, 0.29) is 18.0 Å². The Morgan fingerprint density at radius 2 is 1.93 bits per heavy atom. The summed E-state index contributed by atoms with van der Waals surface area (Å²) in [5.74, 6) is 0.899. The van der Waals surface area contributed by atoms with Crippen LogP contribution in [-0.4, -0.2) is 44.2 Å². The van der Waals surface area contributed by atoms with Crippen molar-refractivity contribution in [3.63, 3.8) is 0 Å². The quantitative estimate of drug-likeness (QED) is 0.781.